The molecule has 1 aliphatic heterocycles. The Bertz CT molecular complexity index is 342. The fraction of sp³-hybridized carbons (Fsp3) is 0.500. The van der Waals surface area contributed by atoms with Crippen molar-refractivity contribution in [2.24, 2.45) is 0 Å². The molecular formula is C12H13P. The van der Waals surface area contributed by atoms with Crippen LogP contribution in [0.5, 0.6) is 0 Å². The van der Waals surface area contributed by atoms with Crippen LogP contribution in [0.1, 0.15) is 25.7 Å². The summed E-state index contributed by atoms with van der Waals surface area (Å²) in [6.45, 7) is 0. The summed E-state index contributed by atoms with van der Waals surface area (Å²) in [5.74, 6) is 0. The zero-order valence-corrected chi connectivity index (χ0v) is 8.56. The van der Waals surface area contributed by atoms with Crippen LogP contribution in [0.2, 0.25) is 0 Å². The second kappa shape index (κ2) is 1.86. The summed E-state index contributed by atoms with van der Waals surface area (Å²) in [6.07, 6.45) is 6.20. The van der Waals surface area contributed by atoms with Gasteiger partial charge in [0.1, 0.15) is 0 Å². The Kier molecular flexibility index (Phi) is 1.00. The summed E-state index contributed by atoms with van der Waals surface area (Å²) in [6, 6.07) is 11.3. The molecule has 1 aromatic rings. The molecule has 0 aromatic heterocycles. The van der Waals surface area contributed by atoms with E-state index in [9.17, 15) is 0 Å². The van der Waals surface area contributed by atoms with E-state index in [1.54, 1.807) is 31.0 Å². The van der Waals surface area contributed by atoms with E-state index in [0.717, 1.165) is 10.3 Å². The molecule has 13 heavy (non-hydrogen) atoms. The van der Waals surface area contributed by atoms with E-state index >= 15 is 0 Å². The minimum Gasteiger partial charge on any atom is -0.0622 e. The lowest BCUT2D eigenvalue weighted by Crippen LogP contribution is -1.92. The SMILES string of the molecule is c1ccc(P2C3(CC3)C23CC3)cc1. The maximum Gasteiger partial charge on any atom is 0.00504 e. The number of hydrogen-bond donors (Lipinski definition) is 0. The first-order valence-electron chi connectivity index (χ1n) is 5.25. The Hall–Kier alpha value is -0.350. The largest absolute Gasteiger partial charge is 0.0622 e. The molecule has 2 spiro atoms. The van der Waals surface area contributed by atoms with Crippen molar-refractivity contribution in [1.82, 2.24) is 0 Å². The van der Waals surface area contributed by atoms with E-state index < -0.39 is 0 Å². The van der Waals surface area contributed by atoms with Crippen molar-refractivity contribution in [1.29, 1.82) is 0 Å². The molecule has 4 rings (SSSR count). The average Bonchev–Trinajstić information content (AvgIpc) is 3.01. The minimum atomic E-state index is 0.290. The highest BCUT2D eigenvalue weighted by atomic mass is 31.1. The predicted octanol–water partition coefficient (Wildman–Crippen LogP) is 2.87. The molecule has 0 atom stereocenters. The molecule has 1 saturated heterocycles. The third kappa shape index (κ3) is 0.657. The molecule has 3 fully saturated rings. The highest BCUT2D eigenvalue weighted by molar-refractivity contribution is 7.77. The molecule has 2 aliphatic carbocycles. The molecule has 0 N–H and O–H groups in total. The van der Waals surface area contributed by atoms with E-state index in [2.05, 4.69) is 30.3 Å². The van der Waals surface area contributed by atoms with Gasteiger partial charge in [-0.3, -0.25) is 0 Å². The van der Waals surface area contributed by atoms with Gasteiger partial charge in [0.25, 0.3) is 0 Å². The standard InChI is InChI=1S/C12H13P/c1-2-4-10(5-3-1)13-11(6-7-11)12(13)8-9-12/h1-5H,6-9H2. The Morgan fingerprint density at radius 1 is 0.846 bits per heavy atom. The van der Waals surface area contributed by atoms with Crippen molar-refractivity contribution in [3.05, 3.63) is 30.3 Å². The summed E-state index contributed by atoms with van der Waals surface area (Å²) in [4.78, 5) is 0. The molecule has 3 aliphatic rings. The normalized spacial score (nSPS) is 30.8. The second-order valence-electron chi connectivity index (χ2n) is 4.73. The Balaban J connectivity index is 1.78. The van der Waals surface area contributed by atoms with E-state index in [1.165, 1.54) is 0 Å². The molecular weight excluding hydrogens is 175 g/mol. The van der Waals surface area contributed by atoms with Gasteiger partial charge in [-0.15, -0.1) is 0 Å². The quantitative estimate of drug-likeness (QED) is 0.594. The number of rotatable bonds is 1. The zero-order valence-electron chi connectivity index (χ0n) is 7.66. The average molecular weight is 188 g/mol. The smallest absolute Gasteiger partial charge is 0.00504 e. The predicted molar refractivity (Wildman–Crippen MR) is 56.9 cm³/mol. The zero-order chi connectivity index (χ0) is 8.52. The lowest BCUT2D eigenvalue weighted by atomic mass is 10.3. The van der Waals surface area contributed by atoms with Crippen molar-refractivity contribution in [3.63, 3.8) is 0 Å². The van der Waals surface area contributed by atoms with Crippen LogP contribution in [0.3, 0.4) is 0 Å². The van der Waals surface area contributed by atoms with Gasteiger partial charge < -0.3 is 0 Å². The maximum atomic E-state index is 2.36. The van der Waals surface area contributed by atoms with Crippen LogP contribution in [-0.2, 0) is 0 Å². The van der Waals surface area contributed by atoms with Crippen LogP contribution in [0.15, 0.2) is 30.3 Å². The second-order valence-corrected chi connectivity index (χ2v) is 7.63. The van der Waals surface area contributed by atoms with Crippen LogP contribution in [0, 0.1) is 0 Å². The number of hydrogen-bond acceptors (Lipinski definition) is 0. The summed E-state index contributed by atoms with van der Waals surface area (Å²) in [5, 5.41) is 3.47. The van der Waals surface area contributed by atoms with Gasteiger partial charge in [-0.25, -0.2) is 0 Å². The minimum absolute atomic E-state index is 0.290. The Labute approximate surface area is 80.1 Å². The summed E-state index contributed by atoms with van der Waals surface area (Å²) in [7, 11) is 0.290. The summed E-state index contributed by atoms with van der Waals surface area (Å²) in [5.41, 5.74) is 0. The Morgan fingerprint density at radius 2 is 1.38 bits per heavy atom. The van der Waals surface area contributed by atoms with E-state index in [4.69, 9.17) is 0 Å². The topological polar surface area (TPSA) is 0 Å². The maximum absolute atomic E-state index is 2.36. The van der Waals surface area contributed by atoms with Gasteiger partial charge >= 0.3 is 0 Å². The molecule has 0 amide bonds. The van der Waals surface area contributed by atoms with Gasteiger partial charge in [0.15, 0.2) is 0 Å². The first-order valence-corrected chi connectivity index (χ1v) is 6.59. The molecule has 0 bridgehead atoms. The van der Waals surface area contributed by atoms with Gasteiger partial charge in [-0.2, -0.15) is 0 Å². The van der Waals surface area contributed by atoms with Crippen molar-refractivity contribution < 1.29 is 0 Å². The van der Waals surface area contributed by atoms with Crippen LogP contribution in [0.4, 0.5) is 0 Å². The van der Waals surface area contributed by atoms with Crippen molar-refractivity contribution in [2.75, 3.05) is 0 Å². The highest BCUT2D eigenvalue weighted by Crippen LogP contribution is 2.99. The first kappa shape index (κ1) is 7.01. The number of fused-ring (bicyclic) bond motifs is 1. The fourth-order valence-electron chi connectivity index (χ4n) is 3.25. The molecule has 1 heteroatoms. The molecule has 0 radical (unpaired) electrons. The lowest BCUT2D eigenvalue weighted by molar-refractivity contribution is 0.949. The molecule has 2 saturated carbocycles. The number of benzene rings is 1. The van der Waals surface area contributed by atoms with E-state index in [-0.39, 0.29) is 0 Å². The molecule has 66 valence electrons. The van der Waals surface area contributed by atoms with Crippen LogP contribution >= 0.6 is 7.92 Å². The molecule has 1 heterocycles. The van der Waals surface area contributed by atoms with Crippen LogP contribution in [-0.4, -0.2) is 10.3 Å². The van der Waals surface area contributed by atoms with Gasteiger partial charge in [0.05, 0.1) is 0 Å². The third-order valence-electron chi connectivity index (χ3n) is 4.13. The van der Waals surface area contributed by atoms with Gasteiger partial charge in [-0.05, 0) is 31.0 Å². The lowest BCUT2D eigenvalue weighted by Gasteiger charge is -1.97. The van der Waals surface area contributed by atoms with Gasteiger partial charge in [0, 0.05) is 10.3 Å². The van der Waals surface area contributed by atoms with Gasteiger partial charge in [0.2, 0.25) is 0 Å². The van der Waals surface area contributed by atoms with Crippen molar-refractivity contribution >= 4 is 13.2 Å². The molecule has 0 nitrogen and oxygen atoms in total. The van der Waals surface area contributed by atoms with Crippen LogP contribution < -0.4 is 5.30 Å². The fourth-order valence-corrected chi connectivity index (χ4v) is 7.55. The molecule has 0 unspecified atom stereocenters. The monoisotopic (exact) mass is 188 g/mol. The van der Waals surface area contributed by atoms with E-state index in [1.807, 2.05) is 0 Å². The first-order chi connectivity index (χ1) is 6.39. The van der Waals surface area contributed by atoms with Crippen molar-refractivity contribution in [2.45, 2.75) is 36.0 Å². The summed E-state index contributed by atoms with van der Waals surface area (Å²) >= 11 is 0. The summed E-state index contributed by atoms with van der Waals surface area (Å²) < 4.78 is 0. The van der Waals surface area contributed by atoms with Gasteiger partial charge in [-0.1, -0.05) is 38.3 Å². The van der Waals surface area contributed by atoms with Crippen molar-refractivity contribution in [3.8, 4) is 0 Å². The van der Waals surface area contributed by atoms with E-state index in [0.29, 0.717) is 7.92 Å². The third-order valence-corrected chi connectivity index (χ3v) is 8.19. The van der Waals surface area contributed by atoms with Crippen LogP contribution in [0.25, 0.3) is 0 Å². The molecule has 1 aromatic carbocycles. The Morgan fingerprint density at radius 3 is 1.85 bits per heavy atom. The highest BCUT2D eigenvalue weighted by Gasteiger charge is 2.86.